The summed E-state index contributed by atoms with van der Waals surface area (Å²) in [4.78, 5) is 24.2. The second kappa shape index (κ2) is 5.09. The van der Waals surface area contributed by atoms with Gasteiger partial charge in [0, 0.05) is 12.1 Å². The van der Waals surface area contributed by atoms with E-state index >= 15 is 0 Å². The molecule has 1 saturated heterocycles. The van der Waals surface area contributed by atoms with Gasteiger partial charge in [-0.2, -0.15) is 0 Å². The summed E-state index contributed by atoms with van der Waals surface area (Å²) < 4.78 is 0. The van der Waals surface area contributed by atoms with Gasteiger partial charge < -0.3 is 15.7 Å². The van der Waals surface area contributed by atoms with E-state index < -0.39 is 17.9 Å². The van der Waals surface area contributed by atoms with Crippen LogP contribution in [-0.4, -0.2) is 29.6 Å². The molecule has 6 heteroatoms. The lowest BCUT2D eigenvalue weighted by Crippen LogP contribution is -2.39. The Kier molecular flexibility index (Phi) is 3.66. The van der Waals surface area contributed by atoms with E-state index in [0.29, 0.717) is 22.8 Å². The van der Waals surface area contributed by atoms with Crippen molar-refractivity contribution in [2.24, 2.45) is 11.7 Å². The van der Waals surface area contributed by atoms with Gasteiger partial charge in [0.1, 0.15) is 6.04 Å². The zero-order valence-electron chi connectivity index (χ0n) is 10.5. The Morgan fingerprint density at radius 3 is 2.68 bits per heavy atom. The number of benzene rings is 1. The Hall–Kier alpha value is -1.75. The summed E-state index contributed by atoms with van der Waals surface area (Å²) in [6, 6.07) is 4.10. The minimum absolute atomic E-state index is 0.0596. The Morgan fingerprint density at radius 2 is 2.16 bits per heavy atom. The number of hydrogen-bond donors (Lipinski definition) is 2. The van der Waals surface area contributed by atoms with E-state index in [0.717, 1.165) is 6.42 Å². The number of anilines is 1. The number of rotatable bonds is 3. The number of nitrogens with two attached hydrogens (primary N) is 1. The van der Waals surface area contributed by atoms with Crippen molar-refractivity contribution >= 4 is 29.2 Å². The van der Waals surface area contributed by atoms with Gasteiger partial charge in [-0.15, -0.1) is 0 Å². The van der Waals surface area contributed by atoms with Gasteiger partial charge in [-0.1, -0.05) is 18.5 Å². The highest BCUT2D eigenvalue weighted by Crippen LogP contribution is 2.35. The molecule has 2 atom stereocenters. The van der Waals surface area contributed by atoms with Crippen LogP contribution >= 0.6 is 11.6 Å². The highest BCUT2D eigenvalue weighted by atomic mass is 35.5. The number of aliphatic carboxylic acids is 1. The van der Waals surface area contributed by atoms with Gasteiger partial charge in [-0.05, 0) is 30.5 Å². The third-order valence-electron chi connectivity index (χ3n) is 3.49. The fraction of sp³-hybridized carbons (Fsp3) is 0.385. The van der Waals surface area contributed by atoms with Crippen LogP contribution in [0.2, 0.25) is 5.02 Å². The standard InChI is InChI=1S/C13H15ClN2O3/c1-7-4-5-16(11(7)13(18)19)10-3-2-8(12(15)17)6-9(10)14/h2-3,6-7,11H,4-5H2,1H3,(H2,15,17)(H,18,19). The van der Waals surface area contributed by atoms with E-state index in [-0.39, 0.29) is 5.92 Å². The lowest BCUT2D eigenvalue weighted by molar-refractivity contribution is -0.139. The minimum atomic E-state index is -0.861. The molecule has 1 amide bonds. The lowest BCUT2D eigenvalue weighted by atomic mass is 10.0. The first-order valence-corrected chi connectivity index (χ1v) is 6.38. The second-order valence-corrected chi connectivity index (χ2v) is 5.18. The maximum atomic E-state index is 11.3. The van der Waals surface area contributed by atoms with Crippen LogP contribution in [0, 0.1) is 5.92 Å². The van der Waals surface area contributed by atoms with Crippen molar-refractivity contribution in [3.63, 3.8) is 0 Å². The Morgan fingerprint density at radius 1 is 1.47 bits per heavy atom. The largest absolute Gasteiger partial charge is 0.480 e. The molecule has 5 nitrogen and oxygen atoms in total. The van der Waals surface area contributed by atoms with Crippen LogP contribution in [0.5, 0.6) is 0 Å². The zero-order valence-corrected chi connectivity index (χ0v) is 11.2. The van der Waals surface area contributed by atoms with Crippen molar-refractivity contribution in [1.29, 1.82) is 0 Å². The van der Waals surface area contributed by atoms with Crippen LogP contribution in [0.25, 0.3) is 0 Å². The van der Waals surface area contributed by atoms with Crippen LogP contribution < -0.4 is 10.6 Å². The zero-order chi connectivity index (χ0) is 14.2. The van der Waals surface area contributed by atoms with Crippen molar-refractivity contribution in [2.45, 2.75) is 19.4 Å². The molecule has 3 N–H and O–H groups in total. The van der Waals surface area contributed by atoms with Crippen molar-refractivity contribution in [1.82, 2.24) is 0 Å². The smallest absolute Gasteiger partial charge is 0.326 e. The SMILES string of the molecule is CC1CCN(c2ccc(C(N)=O)cc2Cl)C1C(=O)O. The van der Waals surface area contributed by atoms with E-state index in [9.17, 15) is 14.7 Å². The van der Waals surface area contributed by atoms with E-state index in [1.165, 1.54) is 6.07 Å². The summed E-state index contributed by atoms with van der Waals surface area (Å²) in [6.07, 6.45) is 0.796. The van der Waals surface area contributed by atoms with Gasteiger partial charge >= 0.3 is 5.97 Å². The van der Waals surface area contributed by atoms with Crippen molar-refractivity contribution < 1.29 is 14.7 Å². The number of hydrogen-bond acceptors (Lipinski definition) is 3. The summed E-state index contributed by atoms with van der Waals surface area (Å²) in [5.74, 6) is -1.36. The minimum Gasteiger partial charge on any atom is -0.480 e. The fourth-order valence-corrected chi connectivity index (χ4v) is 2.78. The molecule has 1 aliphatic rings. The number of carbonyl (C=O) groups is 2. The average Bonchev–Trinajstić information content (AvgIpc) is 2.70. The van der Waals surface area contributed by atoms with Gasteiger partial charge in [0.15, 0.2) is 0 Å². The van der Waals surface area contributed by atoms with Crippen molar-refractivity contribution in [3.8, 4) is 0 Å². The highest BCUT2D eigenvalue weighted by molar-refractivity contribution is 6.33. The molecule has 19 heavy (non-hydrogen) atoms. The van der Waals surface area contributed by atoms with Crippen LogP contribution in [0.1, 0.15) is 23.7 Å². The molecule has 0 aliphatic carbocycles. The quantitative estimate of drug-likeness (QED) is 0.884. The molecule has 0 spiro atoms. The first-order valence-electron chi connectivity index (χ1n) is 6.00. The molecule has 0 bridgehead atoms. The molecule has 1 fully saturated rings. The number of nitrogens with zero attached hydrogens (tertiary/aromatic N) is 1. The topological polar surface area (TPSA) is 83.6 Å². The molecule has 1 aromatic rings. The number of amides is 1. The number of primary amides is 1. The lowest BCUT2D eigenvalue weighted by Gasteiger charge is -2.26. The molecule has 0 radical (unpaired) electrons. The number of carboxylic acid groups (broad SMARTS) is 1. The van der Waals surface area contributed by atoms with Gasteiger partial charge in [0.05, 0.1) is 10.7 Å². The predicted octanol–water partition coefficient (Wildman–Crippen LogP) is 1.74. The number of carbonyl (C=O) groups excluding carboxylic acids is 1. The highest BCUT2D eigenvalue weighted by Gasteiger charge is 2.37. The van der Waals surface area contributed by atoms with Crippen LogP contribution in [-0.2, 0) is 4.79 Å². The van der Waals surface area contributed by atoms with E-state index in [4.69, 9.17) is 17.3 Å². The van der Waals surface area contributed by atoms with Gasteiger partial charge in [0.2, 0.25) is 5.91 Å². The van der Waals surface area contributed by atoms with E-state index in [1.54, 1.807) is 17.0 Å². The maximum absolute atomic E-state index is 11.3. The van der Waals surface area contributed by atoms with Gasteiger partial charge in [0.25, 0.3) is 0 Å². The second-order valence-electron chi connectivity index (χ2n) is 4.77. The van der Waals surface area contributed by atoms with Crippen LogP contribution in [0.4, 0.5) is 5.69 Å². The molecule has 2 rings (SSSR count). The molecule has 1 aliphatic heterocycles. The van der Waals surface area contributed by atoms with Crippen molar-refractivity contribution in [3.05, 3.63) is 28.8 Å². The summed E-state index contributed by atoms with van der Waals surface area (Å²) >= 11 is 6.13. The molecular weight excluding hydrogens is 268 g/mol. The Balaban J connectivity index is 2.36. The average molecular weight is 283 g/mol. The molecule has 2 unspecified atom stereocenters. The van der Waals surface area contributed by atoms with Crippen LogP contribution in [0.15, 0.2) is 18.2 Å². The maximum Gasteiger partial charge on any atom is 0.326 e. The first kappa shape index (κ1) is 13.7. The summed E-state index contributed by atoms with van der Waals surface area (Å²) in [6.45, 7) is 2.54. The third kappa shape index (κ3) is 2.51. The monoisotopic (exact) mass is 282 g/mol. The van der Waals surface area contributed by atoms with Crippen LogP contribution in [0.3, 0.4) is 0 Å². The van der Waals surface area contributed by atoms with Gasteiger partial charge in [-0.3, -0.25) is 4.79 Å². The first-order chi connectivity index (χ1) is 8.91. The normalized spacial score (nSPS) is 22.5. The predicted molar refractivity (Wildman–Crippen MR) is 72.5 cm³/mol. The van der Waals surface area contributed by atoms with E-state index in [2.05, 4.69) is 0 Å². The number of halogens is 1. The molecular formula is C13H15ClN2O3. The van der Waals surface area contributed by atoms with Gasteiger partial charge in [-0.25, -0.2) is 4.79 Å². The van der Waals surface area contributed by atoms with Crippen molar-refractivity contribution in [2.75, 3.05) is 11.4 Å². The molecule has 1 heterocycles. The van der Waals surface area contributed by atoms with E-state index in [1.807, 2.05) is 6.92 Å². The summed E-state index contributed by atoms with van der Waals surface area (Å²) in [5, 5.41) is 9.63. The number of carboxylic acids is 1. The molecule has 0 saturated carbocycles. The third-order valence-corrected chi connectivity index (χ3v) is 3.80. The summed E-state index contributed by atoms with van der Waals surface area (Å²) in [7, 11) is 0. The summed E-state index contributed by atoms with van der Waals surface area (Å²) in [5.41, 5.74) is 6.12. The Labute approximate surface area is 116 Å². The molecule has 0 aromatic heterocycles. The molecule has 1 aromatic carbocycles. The Bertz CT molecular complexity index is 533. The fourth-order valence-electron chi connectivity index (χ4n) is 2.49. The molecule has 102 valence electrons.